The number of hydrogen-bond acceptors (Lipinski definition) is 2. The van der Waals surface area contributed by atoms with Crippen LogP contribution in [0.3, 0.4) is 0 Å². The summed E-state index contributed by atoms with van der Waals surface area (Å²) in [6, 6.07) is 5.46. The predicted octanol–water partition coefficient (Wildman–Crippen LogP) is 1.64. The van der Waals surface area contributed by atoms with E-state index in [1.54, 1.807) is 6.07 Å². The zero-order chi connectivity index (χ0) is 12.7. The Morgan fingerprint density at radius 2 is 2.00 bits per heavy atom. The molecule has 0 aliphatic heterocycles. The molecule has 3 nitrogen and oxygen atoms in total. The van der Waals surface area contributed by atoms with Gasteiger partial charge in [-0.25, -0.2) is 0 Å². The van der Waals surface area contributed by atoms with Crippen molar-refractivity contribution in [1.29, 1.82) is 0 Å². The maximum atomic E-state index is 5.84. The minimum atomic E-state index is 0.545. The minimum Gasteiger partial charge on any atom is -0.490 e. The van der Waals surface area contributed by atoms with Crippen LogP contribution in [0.4, 0.5) is 0 Å². The van der Waals surface area contributed by atoms with Crippen molar-refractivity contribution in [3.8, 4) is 5.75 Å². The van der Waals surface area contributed by atoms with Gasteiger partial charge in [-0.1, -0.05) is 11.6 Å². The van der Waals surface area contributed by atoms with Gasteiger partial charge in [0.1, 0.15) is 18.9 Å². The summed E-state index contributed by atoms with van der Waals surface area (Å²) < 4.78 is 11.9. The molecule has 1 N–H and O–H groups in total. The molecule has 0 amide bonds. The maximum absolute atomic E-state index is 5.84. The third-order valence-corrected chi connectivity index (χ3v) is 2.98. The van der Waals surface area contributed by atoms with Gasteiger partial charge in [0.05, 0.1) is 31.8 Å². The first kappa shape index (κ1) is 14.8. The molecule has 1 rings (SSSR count). The zero-order valence-electron chi connectivity index (χ0n) is 10.1. The van der Waals surface area contributed by atoms with Gasteiger partial charge in [0.25, 0.3) is 0 Å². The highest BCUT2D eigenvalue weighted by Gasteiger charge is 2.01. The Labute approximate surface area is 116 Å². The number of nitrogens with one attached hydrogen (secondary N) is 1. The maximum Gasteiger partial charge on any atom is 0.133 e. The summed E-state index contributed by atoms with van der Waals surface area (Å²) in [6.45, 7) is 2.91. The molecule has 0 bridgehead atoms. The smallest absolute Gasteiger partial charge is 0.133 e. The summed E-state index contributed by atoms with van der Waals surface area (Å²) in [5.74, 6) is 0.788. The summed E-state index contributed by atoms with van der Waals surface area (Å²) in [5, 5.41) is 0.689. The molecule has 0 aliphatic carbocycles. The first-order valence-electron chi connectivity index (χ1n) is 5.54. The monoisotopic (exact) mass is 322 g/mol. The van der Waals surface area contributed by atoms with Crippen molar-refractivity contribution >= 4 is 27.5 Å². The van der Waals surface area contributed by atoms with Crippen molar-refractivity contribution in [2.24, 2.45) is 0 Å². The molecule has 96 valence electrons. The van der Waals surface area contributed by atoms with E-state index in [0.717, 1.165) is 23.4 Å². The fourth-order valence-corrected chi connectivity index (χ4v) is 1.98. The van der Waals surface area contributed by atoms with Gasteiger partial charge in [-0.05, 0) is 34.1 Å². The van der Waals surface area contributed by atoms with Crippen LogP contribution in [0.1, 0.15) is 0 Å². The third-order valence-electron chi connectivity index (χ3n) is 2.13. The lowest BCUT2D eigenvalue weighted by Gasteiger charge is -2.10. The molecule has 17 heavy (non-hydrogen) atoms. The van der Waals surface area contributed by atoms with E-state index in [9.17, 15) is 0 Å². The largest absolute Gasteiger partial charge is 0.490 e. The van der Waals surface area contributed by atoms with Gasteiger partial charge < -0.3 is 14.4 Å². The van der Waals surface area contributed by atoms with Gasteiger partial charge in [-0.3, -0.25) is 0 Å². The normalized spacial score (nSPS) is 10.9. The number of ether oxygens (including phenoxy) is 2. The highest BCUT2D eigenvalue weighted by Crippen LogP contribution is 2.27. The number of hydrogen-bond donors (Lipinski definition) is 1. The van der Waals surface area contributed by atoms with Gasteiger partial charge >= 0.3 is 0 Å². The van der Waals surface area contributed by atoms with E-state index in [0.29, 0.717) is 18.2 Å². The Morgan fingerprint density at radius 1 is 1.24 bits per heavy atom. The molecule has 0 aliphatic rings. The number of quaternary nitrogens is 1. The fraction of sp³-hybridized carbons (Fsp3) is 0.500. The molecule has 0 saturated carbocycles. The predicted molar refractivity (Wildman–Crippen MR) is 73.1 cm³/mol. The van der Waals surface area contributed by atoms with E-state index in [1.165, 1.54) is 4.90 Å². The lowest BCUT2D eigenvalue weighted by Crippen LogP contribution is -3.06. The molecule has 0 fully saturated rings. The molecule has 0 heterocycles. The summed E-state index contributed by atoms with van der Waals surface area (Å²) >= 11 is 9.23. The van der Waals surface area contributed by atoms with Crippen molar-refractivity contribution in [2.75, 3.05) is 40.5 Å². The van der Waals surface area contributed by atoms with E-state index in [2.05, 4.69) is 30.0 Å². The van der Waals surface area contributed by atoms with Crippen molar-refractivity contribution in [3.63, 3.8) is 0 Å². The molecule has 0 aromatic heterocycles. The quantitative estimate of drug-likeness (QED) is 0.771. The average molecular weight is 324 g/mol. The Hall–Kier alpha value is -0.290. The van der Waals surface area contributed by atoms with Crippen LogP contribution in [0.15, 0.2) is 22.7 Å². The van der Waals surface area contributed by atoms with Crippen LogP contribution in [0, 0.1) is 0 Å². The Balaban J connectivity index is 2.18. The van der Waals surface area contributed by atoms with Gasteiger partial charge in [-0.2, -0.15) is 0 Å². The van der Waals surface area contributed by atoms with Crippen LogP contribution in [-0.2, 0) is 4.74 Å². The van der Waals surface area contributed by atoms with Crippen LogP contribution in [0.25, 0.3) is 0 Å². The molecular formula is C12H18BrClNO2+. The van der Waals surface area contributed by atoms with Crippen molar-refractivity contribution in [2.45, 2.75) is 0 Å². The minimum absolute atomic E-state index is 0.545. The Morgan fingerprint density at radius 3 is 2.65 bits per heavy atom. The summed E-state index contributed by atoms with van der Waals surface area (Å²) in [4.78, 5) is 1.38. The average Bonchev–Trinajstić information content (AvgIpc) is 2.25. The number of halogens is 2. The zero-order valence-corrected chi connectivity index (χ0v) is 12.5. The van der Waals surface area contributed by atoms with Crippen molar-refractivity contribution < 1.29 is 14.4 Å². The van der Waals surface area contributed by atoms with Gasteiger partial charge in [0, 0.05) is 5.02 Å². The second-order valence-corrected chi connectivity index (χ2v) is 5.28. The molecule has 0 radical (unpaired) electrons. The standard InChI is InChI=1S/C12H17BrClNO2/c1-15(2)5-6-16-7-8-17-12-4-3-10(14)9-11(12)13/h3-4,9H,5-8H2,1-2H3/p+1. The molecule has 0 atom stereocenters. The number of rotatable bonds is 7. The van der Waals surface area contributed by atoms with Crippen molar-refractivity contribution in [3.05, 3.63) is 27.7 Å². The third kappa shape index (κ3) is 6.27. The van der Waals surface area contributed by atoms with Crippen LogP contribution < -0.4 is 9.64 Å². The molecule has 5 heteroatoms. The summed E-state index contributed by atoms with van der Waals surface area (Å²) in [6.07, 6.45) is 0. The van der Waals surface area contributed by atoms with Crippen LogP contribution in [-0.4, -0.2) is 40.5 Å². The highest BCUT2D eigenvalue weighted by molar-refractivity contribution is 9.10. The summed E-state index contributed by atoms with van der Waals surface area (Å²) in [7, 11) is 4.20. The number of benzene rings is 1. The lowest BCUT2D eigenvalue weighted by molar-refractivity contribution is -0.858. The second kappa shape index (κ2) is 7.93. The second-order valence-electron chi connectivity index (χ2n) is 3.99. The molecule has 1 aromatic carbocycles. The Kier molecular flexibility index (Phi) is 6.89. The topological polar surface area (TPSA) is 22.9 Å². The van der Waals surface area contributed by atoms with Crippen molar-refractivity contribution in [1.82, 2.24) is 0 Å². The van der Waals surface area contributed by atoms with E-state index in [-0.39, 0.29) is 0 Å². The fourth-order valence-electron chi connectivity index (χ4n) is 1.18. The SMILES string of the molecule is C[NH+](C)CCOCCOc1ccc(Cl)cc1Br. The van der Waals surface area contributed by atoms with Gasteiger partial charge in [0.15, 0.2) is 0 Å². The van der Waals surface area contributed by atoms with E-state index < -0.39 is 0 Å². The Bertz CT molecular complexity index is 347. The molecule has 0 spiro atoms. The van der Waals surface area contributed by atoms with Gasteiger partial charge in [0.2, 0.25) is 0 Å². The van der Waals surface area contributed by atoms with E-state index in [4.69, 9.17) is 21.1 Å². The first-order valence-corrected chi connectivity index (χ1v) is 6.71. The highest BCUT2D eigenvalue weighted by atomic mass is 79.9. The van der Waals surface area contributed by atoms with Crippen LogP contribution >= 0.6 is 27.5 Å². The number of likely N-dealkylation sites (N-methyl/N-ethyl adjacent to an activating group) is 1. The van der Waals surface area contributed by atoms with E-state index in [1.807, 2.05) is 12.1 Å². The lowest BCUT2D eigenvalue weighted by atomic mass is 10.3. The first-order chi connectivity index (χ1) is 8.09. The molecule has 0 saturated heterocycles. The van der Waals surface area contributed by atoms with E-state index >= 15 is 0 Å². The molecular weight excluding hydrogens is 305 g/mol. The molecule has 0 unspecified atom stereocenters. The van der Waals surface area contributed by atoms with Gasteiger partial charge in [-0.15, -0.1) is 0 Å². The summed E-state index contributed by atoms with van der Waals surface area (Å²) in [5.41, 5.74) is 0. The van der Waals surface area contributed by atoms with Crippen LogP contribution in [0.2, 0.25) is 5.02 Å². The van der Waals surface area contributed by atoms with Crippen LogP contribution in [0.5, 0.6) is 5.75 Å². The molecule has 1 aromatic rings.